The van der Waals surface area contributed by atoms with Crippen LogP contribution in [0, 0.1) is 6.92 Å². The lowest BCUT2D eigenvalue weighted by atomic mass is 9.88. The fourth-order valence-corrected chi connectivity index (χ4v) is 4.70. The van der Waals surface area contributed by atoms with E-state index in [-0.39, 0.29) is 5.91 Å². The highest BCUT2D eigenvalue weighted by Gasteiger charge is 2.26. The minimum atomic E-state index is 0.0718. The molecule has 0 atom stereocenters. The van der Waals surface area contributed by atoms with Gasteiger partial charge in [0.05, 0.1) is 11.3 Å². The zero-order chi connectivity index (χ0) is 20.5. The molecule has 4 heteroatoms. The van der Waals surface area contributed by atoms with Crippen molar-refractivity contribution in [1.29, 1.82) is 0 Å². The van der Waals surface area contributed by atoms with Crippen molar-refractivity contribution in [3.8, 4) is 0 Å². The van der Waals surface area contributed by atoms with E-state index in [0.29, 0.717) is 5.56 Å². The summed E-state index contributed by atoms with van der Waals surface area (Å²) in [6.07, 6.45) is 9.07. The zero-order valence-corrected chi connectivity index (χ0v) is 17.3. The lowest BCUT2D eigenvalue weighted by molar-refractivity contribution is 0.0743. The molecule has 2 aromatic heterocycles. The summed E-state index contributed by atoms with van der Waals surface area (Å²) in [5.74, 6) is 0.0718. The second-order valence-electron chi connectivity index (χ2n) is 8.18. The molecular weight excluding hydrogens is 370 g/mol. The van der Waals surface area contributed by atoms with Crippen LogP contribution in [0.25, 0.3) is 5.57 Å². The molecule has 1 saturated heterocycles. The van der Waals surface area contributed by atoms with E-state index >= 15 is 0 Å². The molecule has 3 heterocycles. The van der Waals surface area contributed by atoms with E-state index in [1.807, 2.05) is 29.3 Å². The molecule has 0 radical (unpaired) electrons. The highest BCUT2D eigenvalue weighted by Crippen LogP contribution is 2.38. The molecule has 0 N–H and O–H groups in total. The highest BCUT2D eigenvalue weighted by molar-refractivity contribution is 5.94. The van der Waals surface area contributed by atoms with Gasteiger partial charge in [-0.05, 0) is 67.5 Å². The van der Waals surface area contributed by atoms with Crippen molar-refractivity contribution in [1.82, 2.24) is 14.9 Å². The molecule has 5 rings (SSSR count). The van der Waals surface area contributed by atoms with Crippen LogP contribution in [-0.4, -0.2) is 33.9 Å². The largest absolute Gasteiger partial charge is 0.338 e. The van der Waals surface area contributed by atoms with Crippen molar-refractivity contribution >= 4 is 11.5 Å². The van der Waals surface area contributed by atoms with Gasteiger partial charge in [0.15, 0.2) is 0 Å². The molecule has 0 bridgehead atoms. The van der Waals surface area contributed by atoms with E-state index in [1.165, 1.54) is 33.4 Å². The van der Waals surface area contributed by atoms with Gasteiger partial charge in [-0.1, -0.05) is 35.4 Å². The summed E-state index contributed by atoms with van der Waals surface area (Å²) in [7, 11) is 0. The Kier molecular flexibility index (Phi) is 4.91. The maximum atomic E-state index is 12.8. The van der Waals surface area contributed by atoms with Crippen LogP contribution in [-0.2, 0) is 12.8 Å². The van der Waals surface area contributed by atoms with Crippen LogP contribution in [0.5, 0.6) is 0 Å². The molecule has 4 nitrogen and oxygen atoms in total. The number of nitrogens with zero attached hydrogens (tertiary/aromatic N) is 3. The monoisotopic (exact) mass is 395 g/mol. The number of pyridine rings is 2. The number of amides is 1. The smallest absolute Gasteiger partial charge is 0.255 e. The van der Waals surface area contributed by atoms with Gasteiger partial charge in [0, 0.05) is 37.3 Å². The minimum absolute atomic E-state index is 0.0718. The Morgan fingerprint density at radius 2 is 1.73 bits per heavy atom. The standard InChI is InChI=1S/C26H25N3O/c1-18-6-9-23-21(16-18)8-7-20-4-3-13-28-25(20)24(23)19-10-14-29(15-11-19)26(30)22-5-2-12-27-17-22/h2-6,9,12-13,16-17H,7-8,10-11,14-15H2,1H3. The van der Waals surface area contributed by atoms with Gasteiger partial charge in [0.25, 0.3) is 5.91 Å². The lowest BCUT2D eigenvalue weighted by Gasteiger charge is -2.30. The van der Waals surface area contributed by atoms with Crippen LogP contribution in [0.4, 0.5) is 0 Å². The second-order valence-corrected chi connectivity index (χ2v) is 8.18. The van der Waals surface area contributed by atoms with Crippen molar-refractivity contribution in [2.24, 2.45) is 0 Å². The first-order valence-electron chi connectivity index (χ1n) is 10.7. The maximum absolute atomic E-state index is 12.8. The zero-order valence-electron chi connectivity index (χ0n) is 17.3. The molecular formula is C26H25N3O. The van der Waals surface area contributed by atoms with Gasteiger partial charge in [-0.3, -0.25) is 14.8 Å². The van der Waals surface area contributed by atoms with Gasteiger partial charge >= 0.3 is 0 Å². The number of aryl methyl sites for hydroxylation is 3. The Morgan fingerprint density at radius 1 is 0.933 bits per heavy atom. The summed E-state index contributed by atoms with van der Waals surface area (Å²) in [6.45, 7) is 3.62. The lowest BCUT2D eigenvalue weighted by Crippen LogP contribution is -2.36. The first-order chi connectivity index (χ1) is 14.7. The summed E-state index contributed by atoms with van der Waals surface area (Å²) in [5.41, 5.74) is 9.85. The van der Waals surface area contributed by atoms with E-state index in [9.17, 15) is 4.79 Å². The molecule has 0 spiro atoms. The molecule has 0 saturated carbocycles. The van der Waals surface area contributed by atoms with E-state index in [4.69, 9.17) is 4.98 Å². The van der Waals surface area contributed by atoms with Gasteiger partial charge in [-0.15, -0.1) is 0 Å². The number of carbonyl (C=O) groups is 1. The molecule has 1 amide bonds. The van der Waals surface area contributed by atoms with Gasteiger partial charge in [0.1, 0.15) is 0 Å². The fraction of sp³-hybridized carbons (Fsp3) is 0.269. The molecule has 1 fully saturated rings. The maximum Gasteiger partial charge on any atom is 0.255 e. The third-order valence-electron chi connectivity index (χ3n) is 6.24. The molecule has 150 valence electrons. The number of likely N-dealkylation sites (tertiary alicyclic amines) is 1. The number of rotatable bonds is 1. The van der Waals surface area contributed by atoms with Crippen LogP contribution in [0.15, 0.2) is 66.6 Å². The third kappa shape index (κ3) is 3.43. The van der Waals surface area contributed by atoms with Crippen LogP contribution >= 0.6 is 0 Å². The van der Waals surface area contributed by atoms with E-state index < -0.39 is 0 Å². The van der Waals surface area contributed by atoms with Gasteiger partial charge < -0.3 is 4.90 Å². The van der Waals surface area contributed by atoms with E-state index in [1.54, 1.807) is 12.4 Å². The quantitative estimate of drug-likeness (QED) is 0.604. The number of piperidine rings is 1. The summed E-state index contributed by atoms with van der Waals surface area (Å²) >= 11 is 0. The van der Waals surface area contributed by atoms with E-state index in [0.717, 1.165) is 44.5 Å². The Hall–Kier alpha value is -3.27. The number of fused-ring (bicyclic) bond motifs is 2. The molecule has 2 aliphatic rings. The molecule has 30 heavy (non-hydrogen) atoms. The fourth-order valence-electron chi connectivity index (χ4n) is 4.70. The normalized spacial score (nSPS) is 16.0. The predicted octanol–water partition coefficient (Wildman–Crippen LogP) is 4.62. The number of hydrogen-bond donors (Lipinski definition) is 0. The van der Waals surface area contributed by atoms with Crippen LogP contribution in [0.1, 0.15) is 51.1 Å². The second kappa shape index (κ2) is 7.86. The van der Waals surface area contributed by atoms with Crippen LogP contribution in [0.2, 0.25) is 0 Å². The highest BCUT2D eigenvalue weighted by atomic mass is 16.2. The number of aromatic nitrogens is 2. The Morgan fingerprint density at radius 3 is 2.53 bits per heavy atom. The SMILES string of the molecule is Cc1ccc2c(c1)CCc1cccnc1C2=C1CCN(C(=O)c2cccnc2)CC1. The number of hydrogen-bond acceptors (Lipinski definition) is 3. The molecule has 1 aliphatic heterocycles. The van der Waals surface area contributed by atoms with Crippen molar-refractivity contribution in [3.05, 3.63) is 100 Å². The van der Waals surface area contributed by atoms with Crippen molar-refractivity contribution < 1.29 is 4.79 Å². The first-order valence-corrected chi connectivity index (χ1v) is 10.7. The number of benzene rings is 1. The van der Waals surface area contributed by atoms with Crippen LogP contribution < -0.4 is 0 Å². The summed E-state index contributed by atoms with van der Waals surface area (Å²) in [5, 5.41) is 0. The number of carbonyl (C=O) groups excluding carboxylic acids is 1. The molecule has 1 aliphatic carbocycles. The van der Waals surface area contributed by atoms with Crippen molar-refractivity contribution in [3.63, 3.8) is 0 Å². The topological polar surface area (TPSA) is 46.1 Å². The van der Waals surface area contributed by atoms with Gasteiger partial charge in [-0.2, -0.15) is 0 Å². The van der Waals surface area contributed by atoms with Crippen molar-refractivity contribution in [2.45, 2.75) is 32.6 Å². The average Bonchev–Trinajstić information content (AvgIpc) is 2.96. The predicted molar refractivity (Wildman–Crippen MR) is 118 cm³/mol. The molecule has 3 aromatic rings. The van der Waals surface area contributed by atoms with Crippen LogP contribution in [0.3, 0.4) is 0 Å². The van der Waals surface area contributed by atoms with Gasteiger partial charge in [0.2, 0.25) is 0 Å². The third-order valence-corrected chi connectivity index (χ3v) is 6.24. The Labute approximate surface area is 177 Å². The molecule has 1 aromatic carbocycles. The van der Waals surface area contributed by atoms with Gasteiger partial charge in [-0.25, -0.2) is 0 Å². The molecule has 0 unspecified atom stereocenters. The minimum Gasteiger partial charge on any atom is -0.338 e. The van der Waals surface area contributed by atoms with E-state index in [2.05, 4.69) is 36.2 Å². The Bertz CT molecular complexity index is 1120. The summed E-state index contributed by atoms with van der Waals surface area (Å²) < 4.78 is 0. The summed E-state index contributed by atoms with van der Waals surface area (Å²) in [6, 6.07) is 14.7. The summed E-state index contributed by atoms with van der Waals surface area (Å²) in [4.78, 5) is 23.7. The average molecular weight is 396 g/mol. The first kappa shape index (κ1) is 18.7. The Balaban J connectivity index is 1.51. The van der Waals surface area contributed by atoms with Crippen molar-refractivity contribution in [2.75, 3.05) is 13.1 Å².